The van der Waals surface area contributed by atoms with Gasteiger partial charge in [0, 0.05) is 21.3 Å². The second kappa shape index (κ2) is 11.4. The summed E-state index contributed by atoms with van der Waals surface area (Å²) in [5, 5.41) is 6.44. The number of urea groups is 1. The number of amides is 4. The molecule has 1 heterocycles. The van der Waals surface area contributed by atoms with Crippen LogP contribution >= 0.6 is 46.4 Å². The van der Waals surface area contributed by atoms with Crippen molar-refractivity contribution < 1.29 is 19.1 Å². The van der Waals surface area contributed by atoms with Gasteiger partial charge in [-0.15, -0.1) is 0 Å². The predicted octanol–water partition coefficient (Wildman–Crippen LogP) is 6.72. The van der Waals surface area contributed by atoms with Crippen LogP contribution in [0.5, 0.6) is 5.75 Å². The van der Waals surface area contributed by atoms with Crippen LogP contribution in [-0.4, -0.2) is 29.3 Å². The van der Waals surface area contributed by atoms with E-state index in [1.165, 1.54) is 18.2 Å². The number of benzene rings is 3. The van der Waals surface area contributed by atoms with Gasteiger partial charge in [0.25, 0.3) is 5.91 Å². The first-order valence-electron chi connectivity index (χ1n) is 10.9. The number of hydrogen-bond acceptors (Lipinski definition) is 4. The van der Waals surface area contributed by atoms with Crippen molar-refractivity contribution in [3.63, 3.8) is 0 Å². The SMILES string of the molecule is Cc1ccc(NC(=O)CN2C(=O)N/C(=C/c3cc(Cl)c(OCc4ccc(Cl)cc4Cl)c(Cl)c3)C2=O)cc1. The normalized spacial score (nSPS) is 14.2. The van der Waals surface area contributed by atoms with Crippen molar-refractivity contribution in [2.75, 3.05) is 11.9 Å². The highest BCUT2D eigenvalue weighted by atomic mass is 35.5. The van der Waals surface area contributed by atoms with Crippen LogP contribution in [0.1, 0.15) is 16.7 Å². The zero-order valence-electron chi connectivity index (χ0n) is 19.3. The van der Waals surface area contributed by atoms with Crippen molar-refractivity contribution in [2.24, 2.45) is 0 Å². The number of hydrogen-bond donors (Lipinski definition) is 2. The monoisotopic (exact) mass is 577 g/mol. The maximum Gasteiger partial charge on any atom is 0.329 e. The molecule has 0 aliphatic carbocycles. The van der Waals surface area contributed by atoms with E-state index in [0.29, 0.717) is 26.9 Å². The molecule has 1 aliphatic heterocycles. The van der Waals surface area contributed by atoms with E-state index in [1.54, 1.807) is 30.3 Å². The second-order valence-electron chi connectivity index (χ2n) is 8.13. The number of nitrogens with zero attached hydrogens (tertiary/aromatic N) is 1. The van der Waals surface area contributed by atoms with Crippen molar-refractivity contribution in [1.82, 2.24) is 10.2 Å². The van der Waals surface area contributed by atoms with Gasteiger partial charge in [0.1, 0.15) is 18.8 Å². The zero-order valence-corrected chi connectivity index (χ0v) is 22.3. The summed E-state index contributed by atoms with van der Waals surface area (Å²) in [5.41, 5.74) is 2.70. The molecule has 7 nitrogen and oxygen atoms in total. The van der Waals surface area contributed by atoms with Gasteiger partial charge in [-0.2, -0.15) is 0 Å². The molecule has 1 fully saturated rings. The third-order valence-electron chi connectivity index (χ3n) is 5.32. The highest BCUT2D eigenvalue weighted by Gasteiger charge is 2.35. The molecule has 0 spiro atoms. The Balaban J connectivity index is 1.44. The lowest BCUT2D eigenvalue weighted by atomic mass is 10.1. The first-order valence-corrected chi connectivity index (χ1v) is 12.4. The molecule has 0 aromatic heterocycles. The van der Waals surface area contributed by atoms with Gasteiger partial charge in [0.15, 0.2) is 5.75 Å². The lowest BCUT2D eigenvalue weighted by molar-refractivity contribution is -0.127. The number of carbonyl (C=O) groups is 3. The Hall–Kier alpha value is -3.23. The summed E-state index contributed by atoms with van der Waals surface area (Å²) >= 11 is 24.8. The number of anilines is 1. The van der Waals surface area contributed by atoms with Gasteiger partial charge in [0.05, 0.1) is 10.0 Å². The quantitative estimate of drug-likeness (QED) is 0.241. The average molecular weight is 579 g/mol. The van der Waals surface area contributed by atoms with E-state index in [9.17, 15) is 14.4 Å². The number of rotatable bonds is 7. The third-order valence-corrected chi connectivity index (χ3v) is 6.47. The molecule has 0 radical (unpaired) electrons. The van der Waals surface area contributed by atoms with E-state index in [-0.39, 0.29) is 28.1 Å². The van der Waals surface area contributed by atoms with Crippen molar-refractivity contribution in [2.45, 2.75) is 13.5 Å². The minimum absolute atomic E-state index is 0.0260. The highest BCUT2D eigenvalue weighted by molar-refractivity contribution is 6.37. The summed E-state index contributed by atoms with van der Waals surface area (Å²) in [6.07, 6.45) is 1.41. The van der Waals surface area contributed by atoms with E-state index in [0.717, 1.165) is 10.5 Å². The molecule has 4 rings (SSSR count). The van der Waals surface area contributed by atoms with Crippen LogP contribution in [0.4, 0.5) is 10.5 Å². The smallest absolute Gasteiger partial charge is 0.329 e. The molecular formula is C26H19Cl4N3O4. The summed E-state index contributed by atoms with van der Waals surface area (Å²) in [6.45, 7) is 1.58. The Bertz CT molecular complexity index is 1400. The lowest BCUT2D eigenvalue weighted by Gasteiger charge is -2.12. The molecule has 190 valence electrons. The molecule has 0 saturated carbocycles. The maximum absolute atomic E-state index is 12.8. The zero-order chi connectivity index (χ0) is 26.7. The van der Waals surface area contributed by atoms with Crippen molar-refractivity contribution in [3.05, 3.63) is 97.1 Å². The molecule has 37 heavy (non-hydrogen) atoms. The summed E-state index contributed by atoms with van der Waals surface area (Å²) in [7, 11) is 0. The van der Waals surface area contributed by atoms with E-state index in [2.05, 4.69) is 10.6 Å². The number of carbonyl (C=O) groups excluding carboxylic acids is 3. The summed E-state index contributed by atoms with van der Waals surface area (Å²) in [5.74, 6) is -0.941. The maximum atomic E-state index is 12.8. The molecule has 3 aromatic rings. The molecule has 1 saturated heterocycles. The van der Waals surface area contributed by atoms with Crippen LogP contribution in [-0.2, 0) is 16.2 Å². The second-order valence-corrected chi connectivity index (χ2v) is 9.79. The molecule has 1 aliphatic rings. The summed E-state index contributed by atoms with van der Waals surface area (Å²) in [6, 6.07) is 14.5. The minimum atomic E-state index is -0.715. The van der Waals surface area contributed by atoms with Gasteiger partial charge in [0.2, 0.25) is 5.91 Å². The van der Waals surface area contributed by atoms with Crippen molar-refractivity contribution in [1.29, 1.82) is 0 Å². The fourth-order valence-electron chi connectivity index (χ4n) is 3.45. The molecular weight excluding hydrogens is 560 g/mol. The molecule has 3 aromatic carbocycles. The van der Waals surface area contributed by atoms with Crippen LogP contribution in [0, 0.1) is 6.92 Å². The molecule has 11 heteroatoms. The van der Waals surface area contributed by atoms with Crippen LogP contribution in [0.2, 0.25) is 20.1 Å². The van der Waals surface area contributed by atoms with Crippen molar-refractivity contribution in [3.8, 4) is 5.75 Å². The van der Waals surface area contributed by atoms with E-state index < -0.39 is 24.4 Å². The van der Waals surface area contributed by atoms with Gasteiger partial charge in [-0.1, -0.05) is 70.2 Å². The first kappa shape index (κ1) is 26.8. The molecule has 0 bridgehead atoms. The standard InChI is InChI=1S/C26H19Cl4N3O4/c1-14-2-6-18(7-3-14)31-23(34)12-33-25(35)22(32-26(33)36)10-15-8-20(29)24(21(30)9-15)37-13-16-4-5-17(27)11-19(16)28/h2-11H,12-13H2,1H3,(H,31,34)(H,32,36)/b22-10+. The number of ether oxygens (including phenoxy) is 1. The van der Waals surface area contributed by atoms with E-state index in [1.807, 2.05) is 19.1 Å². The summed E-state index contributed by atoms with van der Waals surface area (Å²) < 4.78 is 5.75. The van der Waals surface area contributed by atoms with E-state index >= 15 is 0 Å². The Labute approximate surface area is 232 Å². The van der Waals surface area contributed by atoms with Gasteiger partial charge >= 0.3 is 6.03 Å². The first-order chi connectivity index (χ1) is 17.6. The average Bonchev–Trinajstić information content (AvgIpc) is 3.08. The topological polar surface area (TPSA) is 87.7 Å². The van der Waals surface area contributed by atoms with Gasteiger partial charge in [-0.25, -0.2) is 9.69 Å². The van der Waals surface area contributed by atoms with Crippen LogP contribution in [0.15, 0.2) is 60.3 Å². The third kappa shape index (κ3) is 6.56. The molecule has 0 unspecified atom stereocenters. The predicted molar refractivity (Wildman–Crippen MR) is 145 cm³/mol. The lowest BCUT2D eigenvalue weighted by Crippen LogP contribution is -2.38. The fourth-order valence-corrected chi connectivity index (χ4v) is 4.53. The van der Waals surface area contributed by atoms with Gasteiger partial charge in [-0.3, -0.25) is 9.59 Å². The summed E-state index contributed by atoms with van der Waals surface area (Å²) in [4.78, 5) is 38.3. The number of halogens is 4. The Morgan fingerprint density at radius 2 is 1.65 bits per heavy atom. The molecule has 2 N–H and O–H groups in total. The molecule has 4 amide bonds. The van der Waals surface area contributed by atoms with Crippen LogP contribution in [0.3, 0.4) is 0 Å². The van der Waals surface area contributed by atoms with Crippen LogP contribution in [0.25, 0.3) is 6.08 Å². The van der Waals surface area contributed by atoms with Crippen LogP contribution < -0.4 is 15.4 Å². The highest BCUT2D eigenvalue weighted by Crippen LogP contribution is 2.36. The minimum Gasteiger partial charge on any atom is -0.486 e. The fraction of sp³-hybridized carbons (Fsp3) is 0.115. The Kier molecular flexibility index (Phi) is 8.29. The van der Waals surface area contributed by atoms with Gasteiger partial charge in [-0.05, 0) is 55.0 Å². The number of imide groups is 1. The Morgan fingerprint density at radius 3 is 2.30 bits per heavy atom. The largest absolute Gasteiger partial charge is 0.486 e. The van der Waals surface area contributed by atoms with E-state index in [4.69, 9.17) is 51.1 Å². The van der Waals surface area contributed by atoms with Crippen molar-refractivity contribution >= 4 is 76.0 Å². The Morgan fingerprint density at radius 1 is 0.973 bits per heavy atom. The number of nitrogens with one attached hydrogen (secondary N) is 2. The van der Waals surface area contributed by atoms with Gasteiger partial charge < -0.3 is 15.4 Å². The molecule has 0 atom stereocenters. The number of aryl methyl sites for hydroxylation is 1.